The molecule has 1 saturated heterocycles. The van der Waals surface area contributed by atoms with Crippen molar-refractivity contribution < 1.29 is 4.79 Å². The van der Waals surface area contributed by atoms with Gasteiger partial charge in [0.1, 0.15) is 6.04 Å². The molecule has 112 valence electrons. The minimum atomic E-state index is -0.203. The van der Waals surface area contributed by atoms with Crippen LogP contribution in [0.3, 0.4) is 0 Å². The van der Waals surface area contributed by atoms with Crippen LogP contribution >= 0.6 is 0 Å². The molecule has 1 aromatic rings. The lowest BCUT2D eigenvalue weighted by Crippen LogP contribution is -2.40. The van der Waals surface area contributed by atoms with Crippen molar-refractivity contribution in [3.63, 3.8) is 0 Å². The van der Waals surface area contributed by atoms with E-state index in [1.165, 1.54) is 5.69 Å². The molecular formula is C15H26N4O. The zero-order valence-corrected chi connectivity index (χ0v) is 12.8. The van der Waals surface area contributed by atoms with Gasteiger partial charge in [0.15, 0.2) is 0 Å². The monoisotopic (exact) mass is 278 g/mol. The number of hydrogen-bond acceptors (Lipinski definition) is 3. The Balaban J connectivity index is 2.17. The molecule has 0 saturated carbocycles. The van der Waals surface area contributed by atoms with Crippen LogP contribution in [-0.4, -0.2) is 35.1 Å². The van der Waals surface area contributed by atoms with Crippen LogP contribution in [0.4, 0.5) is 0 Å². The molecule has 1 amide bonds. The number of hydrogen-bond donors (Lipinski definition) is 2. The molecule has 1 fully saturated rings. The Hall–Kier alpha value is -1.36. The average Bonchev–Trinajstić information content (AvgIpc) is 2.95. The third-order valence-electron chi connectivity index (χ3n) is 4.34. The molecule has 0 aliphatic carbocycles. The predicted octanol–water partition coefficient (Wildman–Crippen LogP) is 1.61. The molecule has 0 spiro atoms. The first-order valence-corrected chi connectivity index (χ1v) is 7.59. The van der Waals surface area contributed by atoms with Crippen molar-refractivity contribution in [3.8, 4) is 0 Å². The van der Waals surface area contributed by atoms with E-state index in [9.17, 15) is 4.79 Å². The first-order chi connectivity index (χ1) is 9.58. The summed E-state index contributed by atoms with van der Waals surface area (Å²) in [5.41, 5.74) is 1.29. The molecule has 0 bridgehead atoms. The van der Waals surface area contributed by atoms with Crippen molar-refractivity contribution in [1.82, 2.24) is 20.2 Å². The van der Waals surface area contributed by atoms with Crippen LogP contribution in [0, 0.1) is 0 Å². The second kappa shape index (κ2) is 6.39. The number of amides is 1. The number of nitrogens with zero attached hydrogens (tertiary/aromatic N) is 2. The van der Waals surface area contributed by atoms with Crippen molar-refractivity contribution in [1.29, 1.82) is 0 Å². The third kappa shape index (κ3) is 3.03. The minimum absolute atomic E-state index is 0.0728. The van der Waals surface area contributed by atoms with Crippen molar-refractivity contribution in [3.05, 3.63) is 18.2 Å². The smallest absolute Gasteiger partial charge is 0.242 e. The number of carbonyl (C=O) groups is 1. The standard InChI is InChI=1S/C15H26N4O/c1-4-7-18-14(20)12(2)19-11-17-10-13(19)15(3)5-8-16-9-6-15/h10-12,16H,4-9H2,1-3H3,(H,18,20). The highest BCUT2D eigenvalue weighted by Gasteiger charge is 2.33. The molecule has 20 heavy (non-hydrogen) atoms. The van der Waals surface area contributed by atoms with Gasteiger partial charge in [0, 0.05) is 23.9 Å². The van der Waals surface area contributed by atoms with E-state index in [1.807, 2.05) is 17.7 Å². The number of nitrogens with one attached hydrogen (secondary N) is 2. The lowest BCUT2D eigenvalue weighted by atomic mass is 9.78. The summed E-state index contributed by atoms with van der Waals surface area (Å²) in [5, 5.41) is 6.36. The van der Waals surface area contributed by atoms with Gasteiger partial charge in [-0.3, -0.25) is 4.79 Å². The summed E-state index contributed by atoms with van der Waals surface area (Å²) in [7, 11) is 0. The van der Waals surface area contributed by atoms with E-state index in [4.69, 9.17) is 0 Å². The maximum absolute atomic E-state index is 12.2. The van der Waals surface area contributed by atoms with E-state index in [-0.39, 0.29) is 17.4 Å². The fraction of sp³-hybridized carbons (Fsp3) is 0.733. The molecule has 1 atom stereocenters. The Bertz CT molecular complexity index is 448. The van der Waals surface area contributed by atoms with Crippen LogP contribution in [0.25, 0.3) is 0 Å². The fourth-order valence-electron chi connectivity index (χ4n) is 2.84. The summed E-state index contributed by atoms with van der Waals surface area (Å²) in [6, 6.07) is -0.203. The number of carbonyl (C=O) groups excluding carboxylic acids is 1. The zero-order valence-electron chi connectivity index (χ0n) is 12.8. The molecule has 0 aromatic carbocycles. The van der Waals surface area contributed by atoms with Crippen LogP contribution in [0.2, 0.25) is 0 Å². The quantitative estimate of drug-likeness (QED) is 0.860. The molecule has 5 nitrogen and oxygen atoms in total. The molecule has 2 N–H and O–H groups in total. The number of aromatic nitrogens is 2. The van der Waals surface area contributed by atoms with E-state index < -0.39 is 0 Å². The Kier molecular flexibility index (Phi) is 4.81. The maximum atomic E-state index is 12.2. The number of piperidine rings is 1. The van der Waals surface area contributed by atoms with Crippen LogP contribution in [0.1, 0.15) is 51.8 Å². The molecule has 5 heteroatoms. The van der Waals surface area contributed by atoms with E-state index >= 15 is 0 Å². The highest BCUT2D eigenvalue weighted by molar-refractivity contribution is 5.79. The van der Waals surface area contributed by atoms with E-state index in [2.05, 4.69) is 29.5 Å². The lowest BCUT2D eigenvalue weighted by Gasteiger charge is -2.35. The molecular weight excluding hydrogens is 252 g/mol. The van der Waals surface area contributed by atoms with Crippen molar-refractivity contribution in [2.24, 2.45) is 0 Å². The van der Waals surface area contributed by atoms with E-state index in [0.29, 0.717) is 0 Å². The third-order valence-corrected chi connectivity index (χ3v) is 4.34. The fourth-order valence-corrected chi connectivity index (χ4v) is 2.84. The Morgan fingerprint density at radius 2 is 2.25 bits per heavy atom. The first kappa shape index (κ1) is 15.0. The van der Waals surface area contributed by atoms with Crippen molar-refractivity contribution >= 4 is 5.91 Å². The maximum Gasteiger partial charge on any atom is 0.242 e. The van der Waals surface area contributed by atoms with Crippen molar-refractivity contribution in [2.75, 3.05) is 19.6 Å². The Labute approximate surface area is 121 Å². The van der Waals surface area contributed by atoms with Gasteiger partial charge in [0.2, 0.25) is 5.91 Å². The minimum Gasteiger partial charge on any atom is -0.354 e. The van der Waals surface area contributed by atoms with Gasteiger partial charge in [-0.15, -0.1) is 0 Å². The lowest BCUT2D eigenvalue weighted by molar-refractivity contribution is -0.123. The SMILES string of the molecule is CCCNC(=O)C(C)n1cncc1C1(C)CCNCC1. The average molecular weight is 278 g/mol. The van der Waals surface area contributed by atoms with Gasteiger partial charge in [-0.05, 0) is 39.3 Å². The van der Waals surface area contributed by atoms with Gasteiger partial charge in [-0.1, -0.05) is 13.8 Å². The highest BCUT2D eigenvalue weighted by Crippen LogP contribution is 2.33. The summed E-state index contributed by atoms with van der Waals surface area (Å²) in [5.74, 6) is 0.0728. The van der Waals surface area contributed by atoms with Crippen LogP contribution < -0.4 is 10.6 Å². The first-order valence-electron chi connectivity index (χ1n) is 7.59. The summed E-state index contributed by atoms with van der Waals surface area (Å²) in [6.45, 7) is 9.06. The van der Waals surface area contributed by atoms with Crippen LogP contribution in [0.15, 0.2) is 12.5 Å². The normalized spacial score (nSPS) is 19.6. The van der Waals surface area contributed by atoms with Gasteiger partial charge >= 0.3 is 0 Å². The van der Waals surface area contributed by atoms with E-state index in [0.717, 1.165) is 38.9 Å². The van der Waals surface area contributed by atoms with Gasteiger partial charge in [-0.25, -0.2) is 4.98 Å². The number of rotatable bonds is 5. The second-order valence-corrected chi connectivity index (χ2v) is 5.96. The molecule has 0 radical (unpaired) electrons. The molecule has 1 aromatic heterocycles. The summed E-state index contributed by atoms with van der Waals surface area (Å²) in [4.78, 5) is 16.5. The summed E-state index contributed by atoms with van der Waals surface area (Å²) in [6.07, 6.45) is 6.84. The number of imidazole rings is 1. The molecule has 1 aliphatic rings. The van der Waals surface area contributed by atoms with Gasteiger partial charge in [0.25, 0.3) is 0 Å². The second-order valence-electron chi connectivity index (χ2n) is 5.96. The van der Waals surface area contributed by atoms with Crippen LogP contribution in [0.5, 0.6) is 0 Å². The molecule has 1 aliphatic heterocycles. The molecule has 2 rings (SSSR count). The van der Waals surface area contributed by atoms with E-state index in [1.54, 1.807) is 6.33 Å². The largest absolute Gasteiger partial charge is 0.354 e. The molecule has 2 heterocycles. The predicted molar refractivity (Wildman–Crippen MR) is 79.7 cm³/mol. The zero-order chi connectivity index (χ0) is 14.6. The van der Waals surface area contributed by atoms with Crippen LogP contribution in [-0.2, 0) is 10.2 Å². The van der Waals surface area contributed by atoms with Gasteiger partial charge in [0.05, 0.1) is 6.33 Å². The Morgan fingerprint density at radius 3 is 2.90 bits per heavy atom. The topological polar surface area (TPSA) is 59.0 Å². The Morgan fingerprint density at radius 1 is 1.55 bits per heavy atom. The summed E-state index contributed by atoms with van der Waals surface area (Å²) < 4.78 is 2.04. The van der Waals surface area contributed by atoms with Crippen molar-refractivity contribution in [2.45, 2.75) is 51.5 Å². The molecule has 1 unspecified atom stereocenters. The van der Waals surface area contributed by atoms with Gasteiger partial charge < -0.3 is 15.2 Å². The highest BCUT2D eigenvalue weighted by atomic mass is 16.2. The van der Waals surface area contributed by atoms with Gasteiger partial charge in [-0.2, -0.15) is 0 Å². The summed E-state index contributed by atoms with van der Waals surface area (Å²) >= 11 is 0.